The predicted octanol–water partition coefficient (Wildman–Crippen LogP) is 5.81. The summed E-state index contributed by atoms with van der Waals surface area (Å²) in [6.07, 6.45) is 8.32. The zero-order chi connectivity index (χ0) is 20.9. The van der Waals surface area contributed by atoms with Crippen molar-refractivity contribution in [1.82, 2.24) is 4.90 Å². The Kier molecular flexibility index (Phi) is 13.2. The van der Waals surface area contributed by atoms with E-state index in [9.17, 15) is 9.59 Å². The fraction of sp³-hybridized carbons (Fsp3) is 0.909. The molecule has 1 unspecified atom stereocenters. The van der Waals surface area contributed by atoms with Gasteiger partial charge in [-0.2, -0.15) is 0 Å². The zero-order valence-electron chi connectivity index (χ0n) is 18.8. The Bertz CT molecular complexity index is 415. The van der Waals surface area contributed by atoms with Gasteiger partial charge in [-0.05, 0) is 24.2 Å². The van der Waals surface area contributed by atoms with E-state index in [4.69, 9.17) is 9.47 Å². The Morgan fingerprint density at radius 2 is 1.48 bits per heavy atom. The Morgan fingerprint density at radius 3 is 2.00 bits per heavy atom. The van der Waals surface area contributed by atoms with E-state index in [-0.39, 0.29) is 17.3 Å². The van der Waals surface area contributed by atoms with Crippen molar-refractivity contribution < 1.29 is 19.1 Å². The molecule has 0 rings (SSSR count). The lowest BCUT2D eigenvalue weighted by Gasteiger charge is -2.28. The number of carbonyl (C=O) groups excluding carboxylic acids is 2. The monoisotopic (exact) mass is 385 g/mol. The molecule has 0 heterocycles. The van der Waals surface area contributed by atoms with Gasteiger partial charge in [0.25, 0.3) is 0 Å². The molecule has 0 saturated heterocycles. The molecule has 5 nitrogen and oxygen atoms in total. The van der Waals surface area contributed by atoms with Gasteiger partial charge < -0.3 is 9.47 Å². The first-order valence-corrected chi connectivity index (χ1v) is 10.6. The molecule has 27 heavy (non-hydrogen) atoms. The molecule has 0 N–H and O–H groups in total. The third-order valence-electron chi connectivity index (χ3n) is 4.34. The van der Waals surface area contributed by atoms with Crippen LogP contribution in [0.25, 0.3) is 0 Å². The number of hydrogen-bond donors (Lipinski definition) is 0. The van der Waals surface area contributed by atoms with E-state index in [0.717, 1.165) is 12.8 Å². The molecule has 0 aromatic rings. The number of esters is 1. The number of carbonyl (C=O) groups is 2. The highest BCUT2D eigenvalue weighted by Gasteiger charge is 2.30. The van der Waals surface area contributed by atoms with E-state index in [1.54, 1.807) is 7.05 Å². The van der Waals surface area contributed by atoms with Gasteiger partial charge in [0.1, 0.15) is 6.04 Å². The van der Waals surface area contributed by atoms with E-state index in [1.807, 2.05) is 34.6 Å². The molecule has 5 heteroatoms. The highest BCUT2D eigenvalue weighted by molar-refractivity contribution is 5.81. The third-order valence-corrected chi connectivity index (χ3v) is 4.34. The van der Waals surface area contributed by atoms with Crippen molar-refractivity contribution in [3.8, 4) is 0 Å². The van der Waals surface area contributed by atoms with Crippen LogP contribution < -0.4 is 0 Å². The molecule has 0 aromatic heterocycles. The topological polar surface area (TPSA) is 55.8 Å². The van der Waals surface area contributed by atoms with E-state index in [1.165, 1.54) is 37.0 Å². The summed E-state index contributed by atoms with van der Waals surface area (Å²) < 4.78 is 10.8. The van der Waals surface area contributed by atoms with Gasteiger partial charge in [0.2, 0.25) is 0 Å². The van der Waals surface area contributed by atoms with Crippen LogP contribution in [0.2, 0.25) is 0 Å². The van der Waals surface area contributed by atoms with Gasteiger partial charge in [0.15, 0.2) is 0 Å². The van der Waals surface area contributed by atoms with Crippen molar-refractivity contribution in [2.75, 3.05) is 20.3 Å². The molecule has 0 spiro atoms. The normalized spacial score (nSPS) is 12.7. The standard InChI is InChI=1S/C22H43NO4/c1-8-9-10-11-12-13-14-15-26-20(24)19(16-18(2)3)23(7)21(25)27-17-22(4,5)6/h18-19H,8-17H2,1-7H3. The second-order valence-electron chi connectivity index (χ2n) is 9.16. The van der Waals surface area contributed by atoms with Crippen molar-refractivity contribution in [3.63, 3.8) is 0 Å². The minimum atomic E-state index is -0.595. The Morgan fingerprint density at radius 1 is 0.926 bits per heavy atom. The minimum absolute atomic E-state index is 0.109. The van der Waals surface area contributed by atoms with Gasteiger partial charge in [-0.3, -0.25) is 4.90 Å². The summed E-state index contributed by atoms with van der Waals surface area (Å²) in [5, 5.41) is 0. The molecule has 0 aliphatic heterocycles. The maximum Gasteiger partial charge on any atom is 0.410 e. The quantitative estimate of drug-likeness (QED) is 0.296. The van der Waals surface area contributed by atoms with Gasteiger partial charge >= 0.3 is 12.1 Å². The fourth-order valence-corrected chi connectivity index (χ4v) is 2.69. The largest absolute Gasteiger partial charge is 0.464 e. The highest BCUT2D eigenvalue weighted by atomic mass is 16.6. The highest BCUT2D eigenvalue weighted by Crippen LogP contribution is 2.17. The van der Waals surface area contributed by atoms with E-state index < -0.39 is 12.1 Å². The molecule has 0 bridgehead atoms. The Labute approximate surface area is 167 Å². The molecular weight excluding hydrogens is 342 g/mol. The summed E-state index contributed by atoms with van der Waals surface area (Å²) in [6, 6.07) is -0.595. The molecule has 160 valence electrons. The zero-order valence-corrected chi connectivity index (χ0v) is 18.8. The number of rotatable bonds is 13. The molecule has 1 amide bonds. The summed E-state index contributed by atoms with van der Waals surface area (Å²) in [6.45, 7) is 13.0. The maximum atomic E-state index is 12.5. The van der Waals surface area contributed by atoms with E-state index >= 15 is 0 Å². The lowest BCUT2D eigenvalue weighted by molar-refractivity contribution is -0.149. The summed E-state index contributed by atoms with van der Waals surface area (Å²) in [4.78, 5) is 26.2. The van der Waals surface area contributed by atoms with Gasteiger partial charge in [0.05, 0.1) is 13.2 Å². The smallest absolute Gasteiger partial charge is 0.410 e. The molecule has 0 fully saturated rings. The van der Waals surface area contributed by atoms with Crippen LogP contribution in [-0.4, -0.2) is 43.3 Å². The maximum absolute atomic E-state index is 12.5. The third kappa shape index (κ3) is 13.5. The average molecular weight is 386 g/mol. The van der Waals surface area contributed by atoms with Crippen LogP contribution in [0.3, 0.4) is 0 Å². The summed E-state index contributed by atoms with van der Waals surface area (Å²) in [5.74, 6) is -0.0520. The van der Waals surface area contributed by atoms with Gasteiger partial charge in [-0.15, -0.1) is 0 Å². The van der Waals surface area contributed by atoms with Crippen molar-refractivity contribution in [1.29, 1.82) is 0 Å². The SMILES string of the molecule is CCCCCCCCCOC(=O)C(CC(C)C)N(C)C(=O)OCC(C)(C)C. The van der Waals surface area contributed by atoms with Crippen molar-refractivity contribution in [2.24, 2.45) is 11.3 Å². The molecule has 0 aliphatic rings. The summed E-state index contributed by atoms with van der Waals surface area (Å²) in [5.41, 5.74) is -0.109. The van der Waals surface area contributed by atoms with Gasteiger partial charge in [-0.25, -0.2) is 9.59 Å². The van der Waals surface area contributed by atoms with Crippen molar-refractivity contribution >= 4 is 12.1 Å². The minimum Gasteiger partial charge on any atom is -0.464 e. The first-order chi connectivity index (χ1) is 12.6. The fourth-order valence-electron chi connectivity index (χ4n) is 2.69. The number of ether oxygens (including phenoxy) is 2. The number of unbranched alkanes of at least 4 members (excludes halogenated alkanes) is 6. The second kappa shape index (κ2) is 13.8. The molecule has 0 radical (unpaired) electrons. The van der Waals surface area contributed by atoms with Crippen molar-refractivity contribution in [3.05, 3.63) is 0 Å². The van der Waals surface area contributed by atoms with Gasteiger partial charge in [0, 0.05) is 7.05 Å². The van der Waals surface area contributed by atoms with Crippen LogP contribution in [0, 0.1) is 11.3 Å². The van der Waals surface area contributed by atoms with Crippen LogP contribution in [0.15, 0.2) is 0 Å². The van der Waals surface area contributed by atoms with E-state index in [2.05, 4.69) is 6.92 Å². The molecule has 0 aliphatic carbocycles. The van der Waals surface area contributed by atoms with Crippen LogP contribution in [0.4, 0.5) is 4.79 Å². The first-order valence-electron chi connectivity index (χ1n) is 10.6. The first kappa shape index (κ1) is 25.7. The summed E-state index contributed by atoms with van der Waals surface area (Å²) >= 11 is 0. The number of amides is 1. The van der Waals surface area contributed by atoms with Crippen LogP contribution in [0.1, 0.15) is 92.9 Å². The number of hydrogen-bond acceptors (Lipinski definition) is 4. The van der Waals surface area contributed by atoms with E-state index in [0.29, 0.717) is 19.6 Å². The van der Waals surface area contributed by atoms with Crippen LogP contribution >= 0.6 is 0 Å². The predicted molar refractivity (Wildman–Crippen MR) is 111 cm³/mol. The Balaban J connectivity index is 4.40. The lowest BCUT2D eigenvalue weighted by Crippen LogP contribution is -2.45. The number of likely N-dealkylation sites (N-methyl/N-ethyl adjacent to an activating group) is 1. The van der Waals surface area contributed by atoms with Crippen molar-refractivity contribution in [2.45, 2.75) is 99.0 Å². The average Bonchev–Trinajstić information content (AvgIpc) is 2.58. The van der Waals surface area contributed by atoms with Crippen LogP contribution in [-0.2, 0) is 14.3 Å². The summed E-state index contributed by atoms with van der Waals surface area (Å²) in [7, 11) is 1.62. The molecule has 0 aromatic carbocycles. The molecular formula is C22H43NO4. The molecule has 1 atom stereocenters. The van der Waals surface area contributed by atoms with Gasteiger partial charge in [-0.1, -0.05) is 80.1 Å². The Hall–Kier alpha value is -1.26. The molecule has 0 saturated carbocycles. The van der Waals surface area contributed by atoms with Crippen LogP contribution in [0.5, 0.6) is 0 Å². The number of nitrogens with zero attached hydrogens (tertiary/aromatic N) is 1. The second-order valence-corrected chi connectivity index (χ2v) is 9.16. The lowest BCUT2D eigenvalue weighted by atomic mass is 9.99.